The van der Waals surface area contributed by atoms with Crippen LogP contribution < -0.4 is 10.2 Å². The van der Waals surface area contributed by atoms with Gasteiger partial charge in [0, 0.05) is 26.4 Å². The number of ketones is 1. The Bertz CT molecular complexity index is 1180. The molecule has 9 heteroatoms. The smallest absolute Gasteiger partial charge is 0.296 e. The van der Waals surface area contributed by atoms with Crippen LogP contribution in [-0.2, 0) is 32.1 Å². The van der Waals surface area contributed by atoms with Gasteiger partial charge >= 0.3 is 0 Å². The molecular formula is C26H26N4O4S. The Morgan fingerprint density at radius 1 is 1.09 bits per heavy atom. The van der Waals surface area contributed by atoms with Gasteiger partial charge in [-0.25, -0.2) is 0 Å². The number of amides is 3. The van der Waals surface area contributed by atoms with E-state index >= 15 is 0 Å². The van der Waals surface area contributed by atoms with Gasteiger partial charge in [-0.1, -0.05) is 60.7 Å². The van der Waals surface area contributed by atoms with Crippen molar-refractivity contribution in [1.82, 2.24) is 15.2 Å². The molecule has 0 bridgehead atoms. The number of hydrogen-bond donors (Lipinski definition) is 1. The average molecular weight is 491 g/mol. The van der Waals surface area contributed by atoms with Crippen molar-refractivity contribution in [2.45, 2.75) is 37.9 Å². The van der Waals surface area contributed by atoms with Crippen molar-refractivity contribution >= 4 is 39.8 Å². The molecule has 1 fully saturated rings. The number of thiazole rings is 1. The number of Topliss-reactive ketones (excluding diaryl/α,β-unsaturated/α-hetero) is 1. The highest BCUT2D eigenvalue weighted by Gasteiger charge is 2.38. The zero-order chi connectivity index (χ0) is 24.8. The van der Waals surface area contributed by atoms with Crippen LogP contribution in [0.2, 0.25) is 0 Å². The molecule has 1 unspecified atom stereocenters. The molecule has 1 aliphatic heterocycles. The Hall–Kier alpha value is -3.85. The minimum atomic E-state index is -1.07. The fraction of sp³-hybridized carbons (Fsp3) is 0.269. The number of carbonyl (C=O) groups is 4. The van der Waals surface area contributed by atoms with E-state index in [0.717, 1.165) is 11.1 Å². The number of anilines is 1. The van der Waals surface area contributed by atoms with Gasteiger partial charge in [-0.15, -0.1) is 11.3 Å². The summed E-state index contributed by atoms with van der Waals surface area (Å²) in [5.41, 5.74) is 3.30. The second-order valence-electron chi connectivity index (χ2n) is 8.38. The van der Waals surface area contributed by atoms with Crippen molar-refractivity contribution in [2.75, 3.05) is 11.9 Å². The SMILES string of the molecule is CN(C(=O)C(=O)C(Cc1ccccc1)NC(=O)[C@H]1CCC(=O)N1Cc1ccccc1)c1cncs1. The maximum absolute atomic E-state index is 13.3. The van der Waals surface area contributed by atoms with E-state index < -0.39 is 29.7 Å². The standard InChI is InChI=1S/C26H26N4O4S/c1-29(23-15-27-17-35-23)26(34)24(32)20(14-18-8-4-2-5-9-18)28-25(33)21-12-13-22(31)30(21)16-19-10-6-3-7-11-19/h2-11,15,17,20-21H,12-14,16H2,1H3,(H,28,33)/t20?,21-/m1/s1. The van der Waals surface area contributed by atoms with E-state index in [4.69, 9.17) is 0 Å². The normalized spacial score (nSPS) is 16.1. The Kier molecular flexibility index (Phi) is 7.67. The predicted molar refractivity (Wildman–Crippen MR) is 133 cm³/mol. The maximum atomic E-state index is 13.3. The molecule has 0 saturated carbocycles. The molecule has 0 aliphatic carbocycles. The highest BCUT2D eigenvalue weighted by molar-refractivity contribution is 7.14. The number of rotatable bonds is 9. The molecule has 1 aliphatic rings. The van der Waals surface area contributed by atoms with Gasteiger partial charge in [-0.05, 0) is 17.5 Å². The van der Waals surface area contributed by atoms with Gasteiger partial charge in [0.15, 0.2) is 0 Å². The van der Waals surface area contributed by atoms with Crippen molar-refractivity contribution in [2.24, 2.45) is 0 Å². The molecular weight excluding hydrogens is 464 g/mol. The quantitative estimate of drug-likeness (QED) is 0.465. The lowest BCUT2D eigenvalue weighted by molar-refractivity contribution is -0.140. The number of carbonyl (C=O) groups excluding carboxylic acids is 4. The summed E-state index contributed by atoms with van der Waals surface area (Å²) in [6, 6.07) is 16.9. The first kappa shape index (κ1) is 24.3. The second-order valence-corrected chi connectivity index (χ2v) is 9.25. The van der Waals surface area contributed by atoms with Crippen LogP contribution >= 0.6 is 11.3 Å². The Labute approximate surface area is 207 Å². The van der Waals surface area contributed by atoms with E-state index in [2.05, 4.69) is 10.3 Å². The van der Waals surface area contributed by atoms with Crippen LogP contribution in [0.25, 0.3) is 0 Å². The van der Waals surface area contributed by atoms with E-state index in [1.54, 1.807) is 10.4 Å². The minimum absolute atomic E-state index is 0.110. The van der Waals surface area contributed by atoms with Gasteiger partial charge in [0.2, 0.25) is 17.6 Å². The van der Waals surface area contributed by atoms with Crippen LogP contribution in [0.3, 0.4) is 0 Å². The fourth-order valence-electron chi connectivity index (χ4n) is 4.10. The van der Waals surface area contributed by atoms with Crippen molar-refractivity contribution in [3.8, 4) is 0 Å². The van der Waals surface area contributed by atoms with Crippen LogP contribution in [0.15, 0.2) is 72.4 Å². The number of nitrogens with zero attached hydrogens (tertiary/aromatic N) is 3. The summed E-state index contributed by atoms with van der Waals surface area (Å²) < 4.78 is 0. The first-order valence-corrected chi connectivity index (χ1v) is 12.2. The zero-order valence-corrected chi connectivity index (χ0v) is 20.1. The molecule has 8 nitrogen and oxygen atoms in total. The van der Waals surface area contributed by atoms with Crippen molar-refractivity contribution in [1.29, 1.82) is 0 Å². The molecule has 3 amide bonds. The molecule has 2 atom stereocenters. The van der Waals surface area contributed by atoms with Crippen LogP contribution in [0, 0.1) is 0 Å². The monoisotopic (exact) mass is 490 g/mol. The molecule has 4 rings (SSSR count). The van der Waals surface area contributed by atoms with Crippen molar-refractivity contribution in [3.05, 3.63) is 83.5 Å². The molecule has 3 aromatic rings. The summed E-state index contributed by atoms with van der Waals surface area (Å²) in [6.45, 7) is 0.308. The third-order valence-electron chi connectivity index (χ3n) is 6.01. The third kappa shape index (κ3) is 5.81. The van der Waals surface area contributed by atoms with Gasteiger partial charge in [0.1, 0.15) is 17.1 Å². The molecule has 1 aromatic heterocycles. The molecule has 2 aromatic carbocycles. The number of likely N-dealkylation sites (tertiary alicyclic amines) is 1. The van der Waals surface area contributed by atoms with Crippen LogP contribution in [0.1, 0.15) is 24.0 Å². The van der Waals surface area contributed by atoms with Crippen LogP contribution in [0.4, 0.5) is 5.00 Å². The van der Waals surface area contributed by atoms with Gasteiger partial charge in [-0.3, -0.25) is 29.1 Å². The van der Waals surface area contributed by atoms with Crippen LogP contribution in [0.5, 0.6) is 0 Å². The van der Waals surface area contributed by atoms with Gasteiger partial charge in [0.25, 0.3) is 5.91 Å². The Morgan fingerprint density at radius 2 is 1.74 bits per heavy atom. The average Bonchev–Trinajstić information content (AvgIpc) is 3.54. The van der Waals surface area contributed by atoms with Crippen molar-refractivity contribution in [3.63, 3.8) is 0 Å². The molecule has 1 saturated heterocycles. The number of nitrogens with one attached hydrogen (secondary N) is 1. The summed E-state index contributed by atoms with van der Waals surface area (Å²) in [4.78, 5) is 58.9. The summed E-state index contributed by atoms with van der Waals surface area (Å²) in [6.07, 6.45) is 2.28. The highest BCUT2D eigenvalue weighted by atomic mass is 32.1. The van der Waals surface area contributed by atoms with Gasteiger partial charge in [-0.2, -0.15) is 0 Å². The molecule has 2 heterocycles. The molecule has 180 valence electrons. The lowest BCUT2D eigenvalue weighted by Gasteiger charge is -2.27. The molecule has 0 spiro atoms. The molecule has 1 N–H and O–H groups in total. The predicted octanol–water partition coefficient (Wildman–Crippen LogP) is 2.59. The van der Waals surface area contributed by atoms with E-state index in [1.165, 1.54) is 29.5 Å². The fourth-order valence-corrected chi connectivity index (χ4v) is 4.69. The summed E-state index contributed by atoms with van der Waals surface area (Å²) >= 11 is 1.24. The minimum Gasteiger partial charge on any atom is -0.344 e. The summed E-state index contributed by atoms with van der Waals surface area (Å²) in [5, 5.41) is 3.31. The third-order valence-corrected chi connectivity index (χ3v) is 6.86. The number of hydrogen-bond acceptors (Lipinski definition) is 6. The number of likely N-dealkylation sites (N-methyl/N-ethyl adjacent to an activating group) is 1. The summed E-state index contributed by atoms with van der Waals surface area (Å²) in [5.74, 6) is -2.01. The molecule has 0 radical (unpaired) electrons. The lowest BCUT2D eigenvalue weighted by Crippen LogP contribution is -2.53. The number of aromatic nitrogens is 1. The summed E-state index contributed by atoms with van der Waals surface area (Å²) in [7, 11) is 1.51. The Morgan fingerprint density at radius 3 is 2.37 bits per heavy atom. The number of benzene rings is 2. The molecule has 35 heavy (non-hydrogen) atoms. The first-order chi connectivity index (χ1) is 16.9. The van der Waals surface area contributed by atoms with E-state index in [9.17, 15) is 19.2 Å². The Balaban J connectivity index is 1.52. The van der Waals surface area contributed by atoms with Crippen molar-refractivity contribution < 1.29 is 19.2 Å². The second kappa shape index (κ2) is 11.1. The first-order valence-electron chi connectivity index (χ1n) is 11.3. The zero-order valence-electron chi connectivity index (χ0n) is 19.3. The maximum Gasteiger partial charge on any atom is 0.296 e. The van der Waals surface area contributed by atoms with E-state index in [-0.39, 0.29) is 18.7 Å². The topological polar surface area (TPSA) is 99.7 Å². The van der Waals surface area contributed by atoms with E-state index in [0.29, 0.717) is 18.0 Å². The highest BCUT2D eigenvalue weighted by Crippen LogP contribution is 2.23. The van der Waals surface area contributed by atoms with Gasteiger partial charge in [0.05, 0.1) is 11.7 Å². The van der Waals surface area contributed by atoms with E-state index in [1.807, 2.05) is 60.7 Å². The van der Waals surface area contributed by atoms with Crippen LogP contribution in [-0.4, -0.2) is 52.5 Å². The lowest BCUT2D eigenvalue weighted by atomic mass is 10.0. The largest absolute Gasteiger partial charge is 0.344 e. The van der Waals surface area contributed by atoms with Gasteiger partial charge < -0.3 is 10.2 Å².